The van der Waals surface area contributed by atoms with Crippen LogP contribution in [0.25, 0.3) is 0 Å². The molecule has 1 saturated heterocycles. The molecule has 0 saturated carbocycles. The van der Waals surface area contributed by atoms with Crippen molar-refractivity contribution in [1.29, 1.82) is 0 Å². The molecule has 6 heteroatoms. The van der Waals surface area contributed by atoms with Crippen LogP contribution >= 0.6 is 0 Å². The molecule has 0 bridgehead atoms. The summed E-state index contributed by atoms with van der Waals surface area (Å²) in [6.45, 7) is 3.87. The maximum Gasteiger partial charge on any atom is 0.335 e. The molecule has 114 valence electrons. The molecular weight excluding hydrogens is 274 g/mol. The van der Waals surface area contributed by atoms with Gasteiger partial charge in [0.1, 0.15) is 0 Å². The summed E-state index contributed by atoms with van der Waals surface area (Å²) in [5, 5.41) is 9.03. The number of rotatable bonds is 6. The number of hydrogen-bond acceptors (Lipinski definition) is 4. The van der Waals surface area contributed by atoms with E-state index in [1.807, 2.05) is 0 Å². The molecule has 0 radical (unpaired) electrons. The van der Waals surface area contributed by atoms with Crippen LogP contribution in [0.4, 0.5) is 0 Å². The molecule has 6 nitrogen and oxygen atoms in total. The summed E-state index contributed by atoms with van der Waals surface area (Å²) in [5.41, 5.74) is 1.29. The zero-order valence-electron chi connectivity index (χ0n) is 12.2. The van der Waals surface area contributed by atoms with Crippen LogP contribution in [0, 0.1) is 6.92 Å². The van der Waals surface area contributed by atoms with E-state index < -0.39 is 5.97 Å². The highest BCUT2D eigenvalue weighted by atomic mass is 16.5. The van der Waals surface area contributed by atoms with E-state index in [0.29, 0.717) is 31.9 Å². The maximum absolute atomic E-state index is 12.3. The first kappa shape index (κ1) is 15.5. The van der Waals surface area contributed by atoms with Gasteiger partial charge in [0.15, 0.2) is 0 Å². The third kappa shape index (κ3) is 3.80. The van der Waals surface area contributed by atoms with Crippen molar-refractivity contribution in [2.75, 3.05) is 33.4 Å². The van der Waals surface area contributed by atoms with Crippen molar-refractivity contribution >= 4 is 11.9 Å². The zero-order valence-corrected chi connectivity index (χ0v) is 12.2. The summed E-state index contributed by atoms with van der Waals surface area (Å²) >= 11 is 0. The van der Waals surface area contributed by atoms with E-state index in [9.17, 15) is 9.59 Å². The Morgan fingerprint density at radius 1 is 1.24 bits per heavy atom. The minimum Gasteiger partial charge on any atom is -0.478 e. The predicted octanol–water partition coefficient (Wildman–Crippen LogP) is 1.18. The summed E-state index contributed by atoms with van der Waals surface area (Å²) in [5.74, 6) is -1.19. The molecule has 1 aromatic rings. The number of carbonyl (C=O) groups is 2. The van der Waals surface area contributed by atoms with Gasteiger partial charge in [0.25, 0.3) is 5.91 Å². The Morgan fingerprint density at radius 3 is 2.52 bits per heavy atom. The molecular formula is C15H19NO5. The Bertz CT molecular complexity index is 537. The molecule has 1 heterocycles. The number of nitrogens with zero attached hydrogens (tertiary/aromatic N) is 1. The molecule has 1 aliphatic rings. The van der Waals surface area contributed by atoms with Crippen LogP contribution in [0.3, 0.4) is 0 Å². The first-order chi connectivity index (χ1) is 10.0. The van der Waals surface area contributed by atoms with Crippen molar-refractivity contribution in [2.24, 2.45) is 0 Å². The zero-order chi connectivity index (χ0) is 15.4. The van der Waals surface area contributed by atoms with Gasteiger partial charge in [-0.2, -0.15) is 0 Å². The topological polar surface area (TPSA) is 76.1 Å². The van der Waals surface area contributed by atoms with E-state index in [2.05, 4.69) is 0 Å². The van der Waals surface area contributed by atoms with Crippen molar-refractivity contribution in [2.45, 2.75) is 13.0 Å². The van der Waals surface area contributed by atoms with Crippen molar-refractivity contribution in [3.63, 3.8) is 0 Å². The second kappa shape index (κ2) is 6.69. The Hall–Kier alpha value is -1.92. The Kier molecular flexibility index (Phi) is 4.93. The molecule has 21 heavy (non-hydrogen) atoms. The highest BCUT2D eigenvalue weighted by Gasteiger charge is 2.32. The van der Waals surface area contributed by atoms with Gasteiger partial charge in [-0.25, -0.2) is 4.79 Å². The van der Waals surface area contributed by atoms with Gasteiger partial charge in [-0.15, -0.1) is 0 Å². The van der Waals surface area contributed by atoms with E-state index in [0.717, 1.165) is 5.56 Å². The molecule has 0 spiro atoms. The Morgan fingerprint density at radius 2 is 1.90 bits per heavy atom. The van der Waals surface area contributed by atoms with Crippen molar-refractivity contribution < 1.29 is 24.2 Å². The number of methoxy groups -OCH3 is 1. The fraction of sp³-hybridized carbons (Fsp3) is 0.467. The predicted molar refractivity (Wildman–Crippen MR) is 75.7 cm³/mol. The fourth-order valence-corrected chi connectivity index (χ4v) is 2.22. The number of aryl methyl sites for hydroxylation is 1. The van der Waals surface area contributed by atoms with Crippen LogP contribution in [0.2, 0.25) is 0 Å². The van der Waals surface area contributed by atoms with Gasteiger partial charge in [0.2, 0.25) is 0 Å². The van der Waals surface area contributed by atoms with Gasteiger partial charge in [-0.3, -0.25) is 4.79 Å². The molecule has 0 aromatic heterocycles. The molecule has 2 rings (SSSR count). The third-order valence-corrected chi connectivity index (χ3v) is 3.35. The summed E-state index contributed by atoms with van der Waals surface area (Å²) in [6.07, 6.45) is 0.0350. The largest absolute Gasteiger partial charge is 0.478 e. The number of carbonyl (C=O) groups excluding carboxylic acids is 1. The lowest BCUT2D eigenvalue weighted by Gasteiger charge is -2.39. The minimum absolute atomic E-state index is 0.0350. The number of aromatic carboxylic acids is 1. The summed E-state index contributed by atoms with van der Waals surface area (Å²) < 4.78 is 10.4. The van der Waals surface area contributed by atoms with E-state index in [1.54, 1.807) is 31.1 Å². The molecule has 1 amide bonds. The SMILES string of the molecule is COCCOC1CN(C(=O)c2cc(C)cc(C(=O)O)c2)C1. The molecule has 1 aliphatic heterocycles. The van der Waals surface area contributed by atoms with Gasteiger partial charge in [0, 0.05) is 25.8 Å². The number of hydrogen-bond donors (Lipinski definition) is 1. The van der Waals surface area contributed by atoms with Crippen LogP contribution < -0.4 is 0 Å². The van der Waals surface area contributed by atoms with Gasteiger partial charge >= 0.3 is 5.97 Å². The number of carboxylic acid groups (broad SMARTS) is 1. The monoisotopic (exact) mass is 293 g/mol. The number of benzene rings is 1. The van der Waals surface area contributed by atoms with Gasteiger partial charge in [-0.1, -0.05) is 0 Å². The molecule has 0 atom stereocenters. The lowest BCUT2D eigenvalue weighted by Crippen LogP contribution is -2.55. The van der Waals surface area contributed by atoms with Crippen LogP contribution in [0.15, 0.2) is 18.2 Å². The molecule has 1 N–H and O–H groups in total. The molecule has 0 unspecified atom stereocenters. The van der Waals surface area contributed by atoms with Crippen LogP contribution in [-0.4, -0.2) is 61.4 Å². The van der Waals surface area contributed by atoms with E-state index in [-0.39, 0.29) is 17.6 Å². The lowest BCUT2D eigenvalue weighted by molar-refractivity contribution is -0.0554. The van der Waals surface area contributed by atoms with Gasteiger partial charge in [0.05, 0.1) is 24.9 Å². The quantitative estimate of drug-likeness (QED) is 0.797. The summed E-state index contributed by atoms with van der Waals surface area (Å²) in [6, 6.07) is 4.66. The minimum atomic E-state index is -1.03. The normalized spacial score (nSPS) is 14.9. The molecule has 0 aliphatic carbocycles. The van der Waals surface area contributed by atoms with E-state index in [1.165, 1.54) is 6.07 Å². The smallest absolute Gasteiger partial charge is 0.335 e. The van der Waals surface area contributed by atoms with Crippen LogP contribution in [0.1, 0.15) is 26.3 Å². The fourth-order valence-electron chi connectivity index (χ4n) is 2.22. The van der Waals surface area contributed by atoms with E-state index in [4.69, 9.17) is 14.6 Å². The van der Waals surface area contributed by atoms with Crippen molar-refractivity contribution in [3.8, 4) is 0 Å². The standard InChI is InChI=1S/C15H19NO5/c1-10-5-11(7-12(6-10)15(18)19)14(17)16-8-13(9-16)21-4-3-20-2/h5-7,13H,3-4,8-9H2,1-2H3,(H,18,19). The maximum atomic E-state index is 12.3. The molecule has 1 fully saturated rings. The second-order valence-electron chi connectivity index (χ2n) is 5.09. The lowest BCUT2D eigenvalue weighted by atomic mass is 10.0. The molecule has 1 aromatic carbocycles. The average molecular weight is 293 g/mol. The highest BCUT2D eigenvalue weighted by Crippen LogP contribution is 2.18. The average Bonchev–Trinajstić information content (AvgIpc) is 2.40. The Labute approximate surface area is 123 Å². The van der Waals surface area contributed by atoms with Gasteiger partial charge < -0.3 is 19.5 Å². The third-order valence-electron chi connectivity index (χ3n) is 3.35. The number of ether oxygens (including phenoxy) is 2. The number of amides is 1. The summed E-state index contributed by atoms with van der Waals surface area (Å²) in [7, 11) is 1.61. The number of carboxylic acids is 1. The van der Waals surface area contributed by atoms with Crippen LogP contribution in [-0.2, 0) is 9.47 Å². The first-order valence-electron chi connectivity index (χ1n) is 6.76. The Balaban J connectivity index is 1.95. The van der Waals surface area contributed by atoms with Crippen LogP contribution in [0.5, 0.6) is 0 Å². The van der Waals surface area contributed by atoms with Crippen molar-refractivity contribution in [1.82, 2.24) is 4.90 Å². The second-order valence-corrected chi connectivity index (χ2v) is 5.09. The van der Waals surface area contributed by atoms with Gasteiger partial charge in [-0.05, 0) is 30.7 Å². The van der Waals surface area contributed by atoms with Crippen molar-refractivity contribution in [3.05, 3.63) is 34.9 Å². The van der Waals surface area contributed by atoms with E-state index >= 15 is 0 Å². The highest BCUT2D eigenvalue weighted by molar-refractivity contribution is 5.98. The number of likely N-dealkylation sites (tertiary alicyclic amines) is 1. The first-order valence-corrected chi connectivity index (χ1v) is 6.76. The summed E-state index contributed by atoms with van der Waals surface area (Å²) in [4.78, 5) is 25.0.